The molecule has 24 heavy (non-hydrogen) atoms. The molecular weight excluding hydrogens is 347 g/mol. The van der Waals surface area contributed by atoms with Gasteiger partial charge in [-0.05, 0) is 30.5 Å². The lowest BCUT2D eigenvalue weighted by Gasteiger charge is -2.32. The maximum atomic E-state index is 12.6. The van der Waals surface area contributed by atoms with Crippen LogP contribution < -0.4 is 5.32 Å². The second-order valence-corrected chi connectivity index (χ2v) is 5.92. The summed E-state index contributed by atoms with van der Waals surface area (Å²) in [5, 5.41) is 11.5. The zero-order valence-electron chi connectivity index (χ0n) is 13.3. The average Bonchev–Trinajstić information content (AvgIpc) is 2.48. The second-order valence-electron chi connectivity index (χ2n) is 5.48. The van der Waals surface area contributed by atoms with Gasteiger partial charge < -0.3 is 10.4 Å². The van der Waals surface area contributed by atoms with Crippen LogP contribution in [0.15, 0.2) is 24.3 Å². The molecule has 0 bridgehead atoms. The van der Waals surface area contributed by atoms with Crippen molar-refractivity contribution in [3.05, 3.63) is 34.9 Å². The van der Waals surface area contributed by atoms with E-state index in [1.165, 1.54) is 0 Å². The van der Waals surface area contributed by atoms with Crippen LogP contribution in [0.5, 0.6) is 0 Å². The van der Waals surface area contributed by atoms with Gasteiger partial charge in [-0.3, -0.25) is 4.79 Å². The quantitative estimate of drug-likeness (QED) is 0.769. The molecule has 2 N–H and O–H groups in total. The molecule has 0 heterocycles. The van der Waals surface area contributed by atoms with E-state index < -0.39 is 35.9 Å². The number of hydrogen-bond donors (Lipinski definition) is 2. The van der Waals surface area contributed by atoms with Gasteiger partial charge in [-0.1, -0.05) is 37.6 Å². The molecule has 0 saturated carbocycles. The third kappa shape index (κ3) is 4.87. The first-order chi connectivity index (χ1) is 11.1. The molecule has 1 atom stereocenters. The van der Waals surface area contributed by atoms with Crippen LogP contribution in [0.25, 0.3) is 0 Å². The number of alkyl halides is 3. The van der Waals surface area contributed by atoms with Gasteiger partial charge in [0.2, 0.25) is 5.91 Å². The monoisotopic (exact) mass is 365 g/mol. The minimum absolute atomic E-state index is 0.301. The molecule has 8 heteroatoms. The van der Waals surface area contributed by atoms with E-state index in [0.29, 0.717) is 23.4 Å². The number of rotatable bonds is 7. The summed E-state index contributed by atoms with van der Waals surface area (Å²) in [5.41, 5.74) is -0.547. The summed E-state index contributed by atoms with van der Waals surface area (Å²) in [6.45, 7) is 3.44. The van der Waals surface area contributed by atoms with Crippen LogP contribution in [-0.4, -0.2) is 29.2 Å². The molecule has 0 aliphatic rings. The number of halogens is 4. The van der Waals surface area contributed by atoms with Gasteiger partial charge in [-0.25, -0.2) is 4.79 Å². The van der Waals surface area contributed by atoms with Gasteiger partial charge in [0.05, 0.1) is 11.8 Å². The Morgan fingerprint density at radius 3 is 2.04 bits per heavy atom. The molecule has 134 valence electrons. The lowest BCUT2D eigenvalue weighted by atomic mass is 9.75. The molecule has 0 aliphatic heterocycles. The van der Waals surface area contributed by atoms with Crippen molar-refractivity contribution in [1.29, 1.82) is 0 Å². The molecule has 0 aromatic heterocycles. The topological polar surface area (TPSA) is 66.4 Å². The van der Waals surface area contributed by atoms with Crippen molar-refractivity contribution in [2.45, 2.75) is 50.7 Å². The lowest BCUT2D eigenvalue weighted by Crippen LogP contribution is -2.51. The highest BCUT2D eigenvalue weighted by Crippen LogP contribution is 2.33. The molecule has 0 aliphatic carbocycles. The van der Waals surface area contributed by atoms with Gasteiger partial charge in [-0.2, -0.15) is 13.2 Å². The third-order valence-corrected chi connectivity index (χ3v) is 4.33. The molecule has 1 rings (SSSR count). The number of carboxylic acid groups (broad SMARTS) is 1. The largest absolute Gasteiger partial charge is 0.480 e. The second kappa shape index (κ2) is 7.88. The van der Waals surface area contributed by atoms with Gasteiger partial charge >= 0.3 is 12.1 Å². The Labute approximate surface area is 143 Å². The Morgan fingerprint density at radius 2 is 1.67 bits per heavy atom. The predicted molar refractivity (Wildman–Crippen MR) is 84.0 cm³/mol. The average molecular weight is 366 g/mol. The fourth-order valence-electron chi connectivity index (χ4n) is 2.61. The third-order valence-electron chi connectivity index (χ3n) is 4.08. The van der Waals surface area contributed by atoms with Crippen molar-refractivity contribution in [3.8, 4) is 0 Å². The fourth-order valence-corrected chi connectivity index (χ4v) is 2.73. The summed E-state index contributed by atoms with van der Waals surface area (Å²) in [6.07, 6.45) is -5.72. The minimum atomic E-state index is -4.70. The standard InChI is InChI=1S/C16H19ClF3NO3/c1-3-15(4-2,10-5-7-11(17)8-6-10)14(24)21-12(13(22)23)9-16(18,19)20/h5-8,12H,3-4,9H2,1-2H3,(H,21,24)(H,22,23). The van der Waals surface area contributed by atoms with E-state index in [2.05, 4.69) is 0 Å². The number of nitrogens with one attached hydrogen (secondary N) is 1. The Bertz CT molecular complexity index is 583. The fraction of sp³-hybridized carbons (Fsp3) is 0.500. The summed E-state index contributed by atoms with van der Waals surface area (Å²) < 4.78 is 37.5. The van der Waals surface area contributed by atoms with Crippen LogP contribution in [0.3, 0.4) is 0 Å². The van der Waals surface area contributed by atoms with Crippen molar-refractivity contribution >= 4 is 23.5 Å². The predicted octanol–water partition coefficient (Wildman–Crippen LogP) is 3.92. The zero-order chi connectivity index (χ0) is 18.5. The van der Waals surface area contributed by atoms with E-state index in [1.54, 1.807) is 38.1 Å². The molecular formula is C16H19ClF3NO3. The summed E-state index contributed by atoms with van der Waals surface area (Å²) in [7, 11) is 0. The normalized spacial score (nSPS) is 13.4. The van der Waals surface area contributed by atoms with E-state index in [0.717, 1.165) is 0 Å². The highest BCUT2D eigenvalue weighted by atomic mass is 35.5. The van der Waals surface area contributed by atoms with Crippen molar-refractivity contribution in [2.24, 2.45) is 0 Å². The van der Waals surface area contributed by atoms with Crippen molar-refractivity contribution in [3.63, 3.8) is 0 Å². The number of hydrogen-bond acceptors (Lipinski definition) is 2. The highest BCUT2D eigenvalue weighted by molar-refractivity contribution is 6.30. The molecule has 1 unspecified atom stereocenters. The number of carbonyl (C=O) groups is 2. The lowest BCUT2D eigenvalue weighted by molar-refractivity contribution is -0.160. The molecule has 0 fully saturated rings. The number of carboxylic acids is 1. The first kappa shape index (κ1) is 20.3. The molecule has 1 aromatic carbocycles. The molecule has 0 spiro atoms. The Morgan fingerprint density at radius 1 is 1.17 bits per heavy atom. The van der Waals surface area contributed by atoms with Crippen molar-refractivity contribution in [2.75, 3.05) is 0 Å². The number of aliphatic carboxylic acids is 1. The van der Waals surface area contributed by atoms with Crippen LogP contribution in [0, 0.1) is 0 Å². The summed E-state index contributed by atoms with van der Waals surface area (Å²) in [6, 6.07) is 4.37. The SMILES string of the molecule is CCC(CC)(C(=O)NC(CC(F)(F)F)C(=O)O)c1ccc(Cl)cc1. The Balaban J connectivity index is 3.13. The van der Waals surface area contributed by atoms with E-state index in [9.17, 15) is 22.8 Å². The first-order valence-electron chi connectivity index (χ1n) is 7.42. The maximum Gasteiger partial charge on any atom is 0.391 e. The van der Waals surface area contributed by atoms with Crippen LogP contribution >= 0.6 is 11.6 Å². The molecule has 0 radical (unpaired) electrons. The molecule has 0 saturated heterocycles. The Hall–Kier alpha value is -1.76. The Kier molecular flexibility index (Phi) is 6.66. The van der Waals surface area contributed by atoms with Crippen molar-refractivity contribution in [1.82, 2.24) is 5.32 Å². The summed E-state index contributed by atoms with van der Waals surface area (Å²) >= 11 is 5.82. The van der Waals surface area contributed by atoms with Gasteiger partial charge in [0.25, 0.3) is 0 Å². The first-order valence-corrected chi connectivity index (χ1v) is 7.80. The molecule has 4 nitrogen and oxygen atoms in total. The van der Waals surface area contributed by atoms with Crippen LogP contribution in [0.1, 0.15) is 38.7 Å². The maximum absolute atomic E-state index is 12.6. The van der Waals surface area contributed by atoms with Crippen LogP contribution in [0.4, 0.5) is 13.2 Å². The number of amides is 1. The number of carbonyl (C=O) groups excluding carboxylic acids is 1. The molecule has 1 aromatic rings. The smallest absolute Gasteiger partial charge is 0.391 e. The van der Waals surface area contributed by atoms with Gasteiger partial charge in [-0.15, -0.1) is 0 Å². The highest BCUT2D eigenvalue weighted by Gasteiger charge is 2.42. The van der Waals surface area contributed by atoms with Gasteiger partial charge in [0.15, 0.2) is 0 Å². The summed E-state index contributed by atoms with van der Waals surface area (Å²) in [4.78, 5) is 23.7. The van der Waals surface area contributed by atoms with Crippen LogP contribution in [-0.2, 0) is 15.0 Å². The minimum Gasteiger partial charge on any atom is -0.480 e. The van der Waals surface area contributed by atoms with Gasteiger partial charge in [0, 0.05) is 5.02 Å². The van der Waals surface area contributed by atoms with Crippen molar-refractivity contribution < 1.29 is 27.9 Å². The van der Waals surface area contributed by atoms with Gasteiger partial charge in [0.1, 0.15) is 6.04 Å². The van der Waals surface area contributed by atoms with E-state index >= 15 is 0 Å². The molecule has 1 amide bonds. The zero-order valence-corrected chi connectivity index (χ0v) is 14.0. The van der Waals surface area contributed by atoms with E-state index in [1.807, 2.05) is 5.32 Å². The number of benzene rings is 1. The van der Waals surface area contributed by atoms with E-state index in [-0.39, 0.29) is 0 Å². The van der Waals surface area contributed by atoms with Crippen LogP contribution in [0.2, 0.25) is 5.02 Å². The van der Waals surface area contributed by atoms with E-state index in [4.69, 9.17) is 16.7 Å². The summed E-state index contributed by atoms with van der Waals surface area (Å²) in [5.74, 6) is -2.47.